The van der Waals surface area contributed by atoms with E-state index in [4.69, 9.17) is 4.52 Å². The largest absolute Gasteiger partial charge is 0.361 e. The van der Waals surface area contributed by atoms with Crippen molar-refractivity contribution in [3.05, 3.63) is 39.9 Å². The van der Waals surface area contributed by atoms with Crippen LogP contribution in [0.1, 0.15) is 29.9 Å². The van der Waals surface area contributed by atoms with E-state index in [0.29, 0.717) is 5.92 Å². The van der Waals surface area contributed by atoms with E-state index in [1.807, 2.05) is 20.0 Å². The van der Waals surface area contributed by atoms with Crippen molar-refractivity contribution in [1.82, 2.24) is 20.3 Å². The van der Waals surface area contributed by atoms with Gasteiger partial charge in [-0.05, 0) is 35.2 Å². The number of nitrogens with one attached hydrogen (secondary N) is 1. The standard InChI is InChI=1S/C18H27N5OS.HI/c1-14(16-4-9-25-13-16)11-20-18(19-3)23-7-5-22(6-8-23)12-17-10-15(2)24-21-17;/h4,9-10,13-14H,5-8,11-12H2,1-3H3,(H,19,20);1H. The molecule has 8 heteroatoms. The van der Waals surface area contributed by atoms with Crippen molar-refractivity contribution in [2.45, 2.75) is 26.3 Å². The molecule has 3 heterocycles. The quantitative estimate of drug-likeness (QED) is 0.398. The van der Waals surface area contributed by atoms with Gasteiger partial charge in [-0.3, -0.25) is 9.89 Å². The Morgan fingerprint density at radius 3 is 2.73 bits per heavy atom. The molecule has 0 radical (unpaired) electrons. The fraction of sp³-hybridized carbons (Fsp3) is 0.556. The number of rotatable bonds is 5. The summed E-state index contributed by atoms with van der Waals surface area (Å²) in [6, 6.07) is 4.21. The third-order valence-electron chi connectivity index (χ3n) is 4.62. The fourth-order valence-electron chi connectivity index (χ4n) is 3.09. The molecule has 6 nitrogen and oxygen atoms in total. The maximum atomic E-state index is 5.15. The van der Waals surface area contributed by atoms with Gasteiger partial charge in [0.2, 0.25) is 0 Å². The van der Waals surface area contributed by atoms with E-state index in [-0.39, 0.29) is 24.0 Å². The summed E-state index contributed by atoms with van der Waals surface area (Å²) in [5, 5.41) is 12.0. The lowest BCUT2D eigenvalue weighted by atomic mass is 10.1. The number of aliphatic imine (C=N–C) groups is 1. The summed E-state index contributed by atoms with van der Waals surface area (Å²) in [5.41, 5.74) is 2.40. The fourth-order valence-corrected chi connectivity index (χ4v) is 3.87. The van der Waals surface area contributed by atoms with Gasteiger partial charge in [0, 0.05) is 52.4 Å². The Kier molecular flexibility index (Phi) is 8.36. The van der Waals surface area contributed by atoms with Gasteiger partial charge in [-0.25, -0.2) is 0 Å². The van der Waals surface area contributed by atoms with Crippen molar-refractivity contribution in [3.63, 3.8) is 0 Å². The molecule has 2 aromatic heterocycles. The molecule has 0 spiro atoms. The molecule has 0 aromatic carbocycles. The zero-order chi connectivity index (χ0) is 17.6. The number of aryl methyl sites for hydroxylation is 1. The van der Waals surface area contributed by atoms with Crippen LogP contribution < -0.4 is 5.32 Å². The van der Waals surface area contributed by atoms with Gasteiger partial charge < -0.3 is 14.7 Å². The first-order valence-corrected chi connectivity index (χ1v) is 9.72. The minimum Gasteiger partial charge on any atom is -0.361 e. The highest BCUT2D eigenvalue weighted by molar-refractivity contribution is 14.0. The van der Waals surface area contributed by atoms with Crippen molar-refractivity contribution >= 4 is 41.3 Å². The molecule has 0 amide bonds. The first kappa shape index (κ1) is 21.2. The number of nitrogens with zero attached hydrogens (tertiary/aromatic N) is 4. The lowest BCUT2D eigenvalue weighted by Gasteiger charge is -2.36. The Bertz CT molecular complexity index is 680. The second kappa shape index (κ2) is 10.3. The molecule has 1 saturated heterocycles. The normalized spacial score (nSPS) is 17.0. The monoisotopic (exact) mass is 489 g/mol. The molecular weight excluding hydrogens is 461 g/mol. The van der Waals surface area contributed by atoms with Gasteiger partial charge in [-0.1, -0.05) is 12.1 Å². The van der Waals surface area contributed by atoms with Crippen LogP contribution in [0.3, 0.4) is 0 Å². The highest BCUT2D eigenvalue weighted by atomic mass is 127. The van der Waals surface area contributed by atoms with Gasteiger partial charge in [0.25, 0.3) is 0 Å². The maximum Gasteiger partial charge on any atom is 0.193 e. The summed E-state index contributed by atoms with van der Waals surface area (Å²) in [5.74, 6) is 2.36. The van der Waals surface area contributed by atoms with Crippen LogP contribution in [-0.2, 0) is 6.54 Å². The number of guanidine groups is 1. The van der Waals surface area contributed by atoms with Gasteiger partial charge in [0.05, 0.1) is 5.69 Å². The van der Waals surface area contributed by atoms with Crippen molar-refractivity contribution in [2.24, 2.45) is 4.99 Å². The maximum absolute atomic E-state index is 5.15. The van der Waals surface area contributed by atoms with E-state index in [9.17, 15) is 0 Å². The smallest absolute Gasteiger partial charge is 0.193 e. The Morgan fingerprint density at radius 1 is 1.38 bits per heavy atom. The molecule has 1 aliphatic heterocycles. The lowest BCUT2D eigenvalue weighted by molar-refractivity contribution is 0.169. The van der Waals surface area contributed by atoms with Gasteiger partial charge in [0.15, 0.2) is 5.96 Å². The zero-order valence-corrected chi connectivity index (χ0v) is 18.8. The molecule has 26 heavy (non-hydrogen) atoms. The number of hydrogen-bond donors (Lipinski definition) is 1. The minimum atomic E-state index is 0. The first-order valence-electron chi connectivity index (χ1n) is 8.78. The topological polar surface area (TPSA) is 56.9 Å². The molecule has 1 N–H and O–H groups in total. The van der Waals surface area contributed by atoms with Crippen LogP contribution in [0.15, 0.2) is 32.4 Å². The average molecular weight is 489 g/mol. The first-order chi connectivity index (χ1) is 12.2. The van der Waals surface area contributed by atoms with Crippen LogP contribution in [0.5, 0.6) is 0 Å². The molecular formula is C18H28IN5OS. The molecule has 3 rings (SSSR count). The number of piperazine rings is 1. The van der Waals surface area contributed by atoms with E-state index < -0.39 is 0 Å². The van der Waals surface area contributed by atoms with Gasteiger partial charge in [-0.2, -0.15) is 11.3 Å². The molecule has 1 aliphatic rings. The zero-order valence-electron chi connectivity index (χ0n) is 15.6. The van der Waals surface area contributed by atoms with Crippen molar-refractivity contribution < 1.29 is 4.52 Å². The molecule has 1 atom stereocenters. The predicted octanol–water partition coefficient (Wildman–Crippen LogP) is 3.16. The Labute approximate surface area is 176 Å². The summed E-state index contributed by atoms with van der Waals surface area (Å²) in [4.78, 5) is 9.22. The Morgan fingerprint density at radius 2 is 2.15 bits per heavy atom. The van der Waals surface area contributed by atoms with Crippen LogP contribution in [0.4, 0.5) is 0 Å². The second-order valence-corrected chi connectivity index (χ2v) is 7.36. The molecule has 0 saturated carbocycles. The second-order valence-electron chi connectivity index (χ2n) is 6.58. The SMILES string of the molecule is CN=C(NCC(C)c1ccsc1)N1CCN(Cc2cc(C)on2)CC1.I. The van der Waals surface area contributed by atoms with E-state index in [2.05, 4.69) is 49.0 Å². The van der Waals surface area contributed by atoms with Crippen molar-refractivity contribution in [3.8, 4) is 0 Å². The van der Waals surface area contributed by atoms with Crippen LogP contribution in [-0.4, -0.2) is 60.7 Å². The lowest BCUT2D eigenvalue weighted by Crippen LogP contribution is -2.52. The van der Waals surface area contributed by atoms with Crippen LogP contribution >= 0.6 is 35.3 Å². The summed E-state index contributed by atoms with van der Waals surface area (Å²) in [7, 11) is 1.86. The third-order valence-corrected chi connectivity index (χ3v) is 5.33. The molecule has 144 valence electrons. The van der Waals surface area contributed by atoms with Crippen LogP contribution in [0.25, 0.3) is 0 Å². The van der Waals surface area contributed by atoms with Crippen molar-refractivity contribution in [1.29, 1.82) is 0 Å². The predicted molar refractivity (Wildman–Crippen MR) is 118 cm³/mol. The molecule has 0 bridgehead atoms. The van der Waals surface area contributed by atoms with E-state index in [0.717, 1.165) is 56.7 Å². The van der Waals surface area contributed by atoms with Gasteiger partial charge in [-0.15, -0.1) is 24.0 Å². The summed E-state index contributed by atoms with van der Waals surface area (Å²) in [6.45, 7) is 9.90. The summed E-state index contributed by atoms with van der Waals surface area (Å²) in [6.07, 6.45) is 0. The summed E-state index contributed by atoms with van der Waals surface area (Å²) < 4.78 is 5.15. The van der Waals surface area contributed by atoms with Crippen LogP contribution in [0, 0.1) is 6.92 Å². The van der Waals surface area contributed by atoms with E-state index >= 15 is 0 Å². The van der Waals surface area contributed by atoms with Gasteiger partial charge >= 0.3 is 0 Å². The third kappa shape index (κ3) is 5.68. The van der Waals surface area contributed by atoms with E-state index in [1.54, 1.807) is 11.3 Å². The number of thiophene rings is 1. The Balaban J connectivity index is 0.00000243. The summed E-state index contributed by atoms with van der Waals surface area (Å²) >= 11 is 1.75. The highest BCUT2D eigenvalue weighted by Crippen LogP contribution is 2.17. The number of halogens is 1. The minimum absolute atomic E-state index is 0. The average Bonchev–Trinajstić information content (AvgIpc) is 3.28. The van der Waals surface area contributed by atoms with Crippen molar-refractivity contribution in [2.75, 3.05) is 39.8 Å². The molecule has 0 aliphatic carbocycles. The van der Waals surface area contributed by atoms with Crippen LogP contribution in [0.2, 0.25) is 0 Å². The van der Waals surface area contributed by atoms with Gasteiger partial charge in [0.1, 0.15) is 5.76 Å². The highest BCUT2D eigenvalue weighted by Gasteiger charge is 2.20. The molecule has 2 aromatic rings. The number of aromatic nitrogens is 1. The molecule has 1 unspecified atom stereocenters. The Hall–Kier alpha value is -1.13. The number of hydrogen-bond acceptors (Lipinski definition) is 5. The molecule has 1 fully saturated rings. The van der Waals surface area contributed by atoms with E-state index in [1.165, 1.54) is 5.56 Å².